The molecule has 1 aromatic rings. The molecule has 0 saturated carbocycles. The van der Waals surface area contributed by atoms with E-state index in [4.69, 9.17) is 17.3 Å². The second kappa shape index (κ2) is 4.14. The fourth-order valence-electron chi connectivity index (χ4n) is 0.950. The molecule has 0 aromatic heterocycles. The molecular weight excluding hydrogens is 238 g/mol. The summed E-state index contributed by atoms with van der Waals surface area (Å²) >= 11 is 5.39. The van der Waals surface area contributed by atoms with Gasteiger partial charge in [0.25, 0.3) is 0 Å². The van der Waals surface area contributed by atoms with Crippen LogP contribution in [0.15, 0.2) is 12.1 Å². The first-order valence-electron chi connectivity index (χ1n) is 3.73. The lowest BCUT2D eigenvalue weighted by Gasteiger charge is -2.13. The van der Waals surface area contributed by atoms with Gasteiger partial charge in [-0.25, -0.2) is 4.39 Å². The number of benzene rings is 1. The second-order valence-electron chi connectivity index (χ2n) is 2.63. The summed E-state index contributed by atoms with van der Waals surface area (Å²) in [6.07, 6.45) is -4.99. The molecule has 7 heteroatoms. The third kappa shape index (κ3) is 2.89. The molecule has 0 amide bonds. The van der Waals surface area contributed by atoms with E-state index in [1.807, 2.05) is 0 Å². The molecule has 2 nitrogen and oxygen atoms in total. The number of nitrogens with two attached hydrogens (primary N) is 1. The molecule has 0 fully saturated rings. The first-order valence-corrected chi connectivity index (χ1v) is 4.27. The molecule has 84 valence electrons. The molecule has 0 aliphatic heterocycles. The summed E-state index contributed by atoms with van der Waals surface area (Å²) in [5, 5.41) is 0. The van der Waals surface area contributed by atoms with Gasteiger partial charge in [-0.3, -0.25) is 0 Å². The Balaban J connectivity index is 3.15. The van der Waals surface area contributed by atoms with E-state index in [1.165, 1.54) is 6.07 Å². The van der Waals surface area contributed by atoms with Crippen LogP contribution in [0.2, 0.25) is 0 Å². The Morgan fingerprint density at radius 3 is 2.40 bits per heavy atom. The molecule has 0 saturated heterocycles. The molecule has 0 heterocycles. The summed E-state index contributed by atoms with van der Waals surface area (Å²) in [6, 6.07) is 2.01. The van der Waals surface area contributed by atoms with Gasteiger partial charge in [0.1, 0.15) is 0 Å². The quantitative estimate of drug-likeness (QED) is 0.492. The van der Waals surface area contributed by atoms with E-state index in [9.17, 15) is 17.6 Å². The van der Waals surface area contributed by atoms with Crippen molar-refractivity contribution in [2.45, 2.75) is 12.2 Å². The lowest BCUT2D eigenvalue weighted by Crippen LogP contribution is -2.19. The molecule has 0 bridgehead atoms. The summed E-state index contributed by atoms with van der Waals surface area (Å²) in [5.74, 6) is -2.35. The van der Waals surface area contributed by atoms with E-state index >= 15 is 0 Å². The van der Waals surface area contributed by atoms with Crippen LogP contribution in [-0.4, -0.2) is 6.36 Å². The highest BCUT2D eigenvalue weighted by Gasteiger charge is 2.33. The van der Waals surface area contributed by atoms with Gasteiger partial charge in [0.05, 0.1) is 5.69 Å². The van der Waals surface area contributed by atoms with E-state index in [0.717, 1.165) is 6.07 Å². The maximum Gasteiger partial charge on any atom is 0.573 e. The first kappa shape index (κ1) is 11.9. The normalized spacial score (nSPS) is 11.5. The van der Waals surface area contributed by atoms with Crippen LogP contribution in [0.1, 0.15) is 5.56 Å². The van der Waals surface area contributed by atoms with Crippen molar-refractivity contribution in [3.05, 3.63) is 23.5 Å². The Labute approximate surface area is 87.6 Å². The highest BCUT2D eigenvalue weighted by molar-refractivity contribution is 6.17. The fourth-order valence-corrected chi connectivity index (χ4v) is 1.18. The van der Waals surface area contributed by atoms with Crippen LogP contribution in [0, 0.1) is 5.82 Å². The van der Waals surface area contributed by atoms with Crippen molar-refractivity contribution in [1.82, 2.24) is 0 Å². The minimum Gasteiger partial charge on any atom is -0.400 e. The Morgan fingerprint density at radius 2 is 1.93 bits per heavy atom. The molecule has 0 atom stereocenters. The molecule has 1 aromatic carbocycles. The molecule has 0 spiro atoms. The van der Waals surface area contributed by atoms with E-state index in [-0.39, 0.29) is 11.4 Å². The topological polar surface area (TPSA) is 35.2 Å². The monoisotopic (exact) mass is 243 g/mol. The van der Waals surface area contributed by atoms with Crippen LogP contribution >= 0.6 is 11.6 Å². The van der Waals surface area contributed by atoms with Gasteiger partial charge in [0.15, 0.2) is 11.6 Å². The van der Waals surface area contributed by atoms with Crippen LogP contribution in [-0.2, 0) is 5.88 Å². The lowest BCUT2D eigenvalue weighted by atomic mass is 10.2. The van der Waals surface area contributed by atoms with Crippen LogP contribution in [0.5, 0.6) is 5.75 Å². The zero-order valence-corrected chi connectivity index (χ0v) is 7.99. The van der Waals surface area contributed by atoms with Crippen molar-refractivity contribution >= 4 is 17.3 Å². The van der Waals surface area contributed by atoms with Gasteiger partial charge in [0, 0.05) is 5.88 Å². The van der Waals surface area contributed by atoms with Crippen molar-refractivity contribution < 1.29 is 22.3 Å². The number of nitrogen functional groups attached to an aromatic ring is 1. The fraction of sp³-hybridized carbons (Fsp3) is 0.250. The van der Waals surface area contributed by atoms with Crippen molar-refractivity contribution in [1.29, 1.82) is 0 Å². The van der Waals surface area contributed by atoms with Gasteiger partial charge in [-0.15, -0.1) is 24.8 Å². The average Bonchev–Trinajstić information content (AvgIpc) is 2.11. The summed E-state index contributed by atoms with van der Waals surface area (Å²) < 4.78 is 52.0. The molecular formula is C8H6ClF4NO. The molecule has 1 rings (SSSR count). The predicted molar refractivity (Wildman–Crippen MR) is 47.1 cm³/mol. The Morgan fingerprint density at radius 1 is 1.33 bits per heavy atom. The van der Waals surface area contributed by atoms with E-state index < -0.39 is 23.6 Å². The zero-order chi connectivity index (χ0) is 11.6. The van der Waals surface area contributed by atoms with Gasteiger partial charge in [-0.2, -0.15) is 0 Å². The van der Waals surface area contributed by atoms with Gasteiger partial charge >= 0.3 is 6.36 Å². The summed E-state index contributed by atoms with van der Waals surface area (Å²) in [5.41, 5.74) is 4.99. The number of halogens is 5. The first-order chi connectivity index (χ1) is 6.85. The minimum absolute atomic E-state index is 0.125. The SMILES string of the molecule is Nc1c(CCl)ccc(F)c1OC(F)(F)F. The van der Waals surface area contributed by atoms with Crippen molar-refractivity contribution in [2.75, 3.05) is 5.73 Å². The molecule has 0 aliphatic carbocycles. The molecule has 0 unspecified atom stereocenters. The van der Waals surface area contributed by atoms with Crippen LogP contribution in [0.25, 0.3) is 0 Å². The Bertz CT molecular complexity index is 366. The Kier molecular flexibility index (Phi) is 3.28. The van der Waals surface area contributed by atoms with Gasteiger partial charge in [0.2, 0.25) is 0 Å². The summed E-state index contributed by atoms with van der Waals surface area (Å²) in [6.45, 7) is 0. The van der Waals surface area contributed by atoms with Crippen molar-refractivity contribution in [3.63, 3.8) is 0 Å². The maximum absolute atomic E-state index is 12.9. The number of alkyl halides is 4. The third-order valence-corrected chi connectivity index (χ3v) is 1.89. The van der Waals surface area contributed by atoms with Crippen LogP contribution in [0.3, 0.4) is 0 Å². The largest absolute Gasteiger partial charge is 0.573 e. The van der Waals surface area contributed by atoms with Gasteiger partial charge in [-0.05, 0) is 11.6 Å². The van der Waals surface area contributed by atoms with Crippen molar-refractivity contribution in [2.24, 2.45) is 0 Å². The van der Waals surface area contributed by atoms with Crippen LogP contribution in [0.4, 0.5) is 23.2 Å². The van der Waals surface area contributed by atoms with Crippen LogP contribution < -0.4 is 10.5 Å². The number of hydrogen-bond donors (Lipinski definition) is 1. The number of hydrogen-bond acceptors (Lipinski definition) is 2. The summed E-state index contributed by atoms with van der Waals surface area (Å²) in [4.78, 5) is 0. The van der Waals surface area contributed by atoms with Gasteiger partial charge in [-0.1, -0.05) is 6.07 Å². The van der Waals surface area contributed by atoms with E-state index in [1.54, 1.807) is 0 Å². The minimum atomic E-state index is -4.99. The van der Waals surface area contributed by atoms with Crippen molar-refractivity contribution in [3.8, 4) is 5.75 Å². The standard InChI is InChI=1S/C8H6ClF4NO/c9-3-4-1-2-5(10)7(6(4)14)15-8(11,12)13/h1-2H,3,14H2. The number of rotatable bonds is 2. The van der Waals surface area contributed by atoms with E-state index in [0.29, 0.717) is 0 Å². The maximum atomic E-state index is 12.9. The molecule has 0 radical (unpaired) electrons. The molecule has 0 aliphatic rings. The Hall–Kier alpha value is -1.17. The van der Waals surface area contributed by atoms with E-state index in [2.05, 4.69) is 4.74 Å². The average molecular weight is 244 g/mol. The second-order valence-corrected chi connectivity index (χ2v) is 2.90. The third-order valence-electron chi connectivity index (χ3n) is 1.60. The smallest absolute Gasteiger partial charge is 0.400 e. The summed E-state index contributed by atoms with van der Waals surface area (Å²) in [7, 11) is 0. The lowest BCUT2D eigenvalue weighted by molar-refractivity contribution is -0.275. The zero-order valence-electron chi connectivity index (χ0n) is 7.24. The number of ether oxygens (including phenoxy) is 1. The molecule has 15 heavy (non-hydrogen) atoms. The number of anilines is 1. The van der Waals surface area contributed by atoms with Gasteiger partial charge < -0.3 is 10.5 Å². The highest BCUT2D eigenvalue weighted by Crippen LogP contribution is 2.33. The molecule has 2 N–H and O–H groups in total. The predicted octanol–water partition coefficient (Wildman–Crippen LogP) is 3.05. The highest BCUT2D eigenvalue weighted by atomic mass is 35.5.